The third kappa shape index (κ3) is 5.12. The Bertz CT molecular complexity index is 523. The normalized spacial score (nSPS) is 9.30. The minimum absolute atomic E-state index is 0.0399. The van der Waals surface area contributed by atoms with Crippen LogP contribution < -0.4 is 4.74 Å². The summed E-state index contributed by atoms with van der Waals surface area (Å²) in [7, 11) is 3.14. The van der Waals surface area contributed by atoms with Gasteiger partial charge in [-0.05, 0) is 23.8 Å². The molecule has 0 amide bonds. The lowest BCUT2D eigenvalue weighted by Gasteiger charge is -2.01. The van der Waals surface area contributed by atoms with E-state index in [0.717, 1.165) is 0 Å². The van der Waals surface area contributed by atoms with Gasteiger partial charge in [0.05, 0.1) is 13.7 Å². The van der Waals surface area contributed by atoms with E-state index in [2.05, 4.69) is 0 Å². The van der Waals surface area contributed by atoms with E-state index in [1.54, 1.807) is 7.11 Å². The van der Waals surface area contributed by atoms with Gasteiger partial charge in [0, 0.05) is 12.7 Å². The van der Waals surface area contributed by atoms with Crippen LogP contribution in [0.2, 0.25) is 0 Å². The summed E-state index contributed by atoms with van der Waals surface area (Å²) in [6, 6.07) is 14.5. The second-order valence-corrected chi connectivity index (χ2v) is 3.97. The van der Waals surface area contributed by atoms with Gasteiger partial charge in [-0.3, -0.25) is 4.79 Å². The van der Waals surface area contributed by atoms with Gasteiger partial charge in [-0.15, -0.1) is 0 Å². The Labute approximate surface area is 118 Å². The van der Waals surface area contributed by atoms with Gasteiger partial charge in [-0.1, -0.05) is 30.3 Å². The number of carbonyl (C=O) groups is 1. The van der Waals surface area contributed by atoms with Crippen molar-refractivity contribution in [3.8, 4) is 11.5 Å². The summed E-state index contributed by atoms with van der Waals surface area (Å²) in [5, 5.41) is 9.09. The molecule has 0 heterocycles. The molecule has 20 heavy (non-hydrogen) atoms. The maximum absolute atomic E-state index is 10.2. The van der Waals surface area contributed by atoms with Crippen molar-refractivity contribution in [2.24, 2.45) is 0 Å². The first-order valence-corrected chi connectivity index (χ1v) is 6.06. The molecule has 0 aliphatic rings. The fourth-order valence-corrected chi connectivity index (χ4v) is 1.51. The van der Waals surface area contributed by atoms with E-state index in [-0.39, 0.29) is 5.75 Å². The zero-order valence-electron chi connectivity index (χ0n) is 11.6. The lowest BCUT2D eigenvalue weighted by Crippen LogP contribution is -1.85. The Balaban J connectivity index is 0.000000204. The summed E-state index contributed by atoms with van der Waals surface area (Å²) in [4.78, 5) is 10.2. The monoisotopic (exact) mass is 274 g/mol. The largest absolute Gasteiger partial charge is 0.504 e. The maximum Gasteiger partial charge on any atom is 0.161 e. The Kier molecular flexibility index (Phi) is 6.85. The summed E-state index contributed by atoms with van der Waals surface area (Å²) in [5.74, 6) is 0.354. The molecule has 0 atom stereocenters. The summed E-state index contributed by atoms with van der Waals surface area (Å²) in [6.45, 7) is 0.709. The highest BCUT2D eigenvalue weighted by molar-refractivity contribution is 5.76. The van der Waals surface area contributed by atoms with Crippen LogP contribution in [0.25, 0.3) is 0 Å². The minimum atomic E-state index is 0.0399. The summed E-state index contributed by atoms with van der Waals surface area (Å²) in [6.07, 6.45) is 0.696. The standard InChI is InChI=1S/C8H8O3.C8H10O/c1-11-8-4-6(5-9)2-3-7(8)10;1-9-7-8-5-3-2-4-6-8/h2-5,10H,1H3;2-6H,7H2,1H3. The number of methoxy groups -OCH3 is 2. The van der Waals surface area contributed by atoms with Crippen LogP contribution in [0.1, 0.15) is 15.9 Å². The predicted octanol–water partition coefficient (Wildman–Crippen LogP) is 3.05. The molecule has 0 aromatic heterocycles. The Morgan fingerprint density at radius 2 is 1.80 bits per heavy atom. The summed E-state index contributed by atoms with van der Waals surface area (Å²) < 4.78 is 9.71. The van der Waals surface area contributed by atoms with E-state index < -0.39 is 0 Å². The molecule has 0 spiro atoms. The number of hydrogen-bond donors (Lipinski definition) is 1. The van der Waals surface area contributed by atoms with Gasteiger partial charge in [-0.2, -0.15) is 0 Å². The molecule has 2 aromatic rings. The molecule has 0 aliphatic heterocycles. The van der Waals surface area contributed by atoms with Gasteiger partial charge in [0.25, 0.3) is 0 Å². The van der Waals surface area contributed by atoms with Crippen LogP contribution >= 0.6 is 0 Å². The van der Waals surface area contributed by atoms with Crippen LogP contribution in [-0.2, 0) is 11.3 Å². The van der Waals surface area contributed by atoms with E-state index in [9.17, 15) is 4.79 Å². The second kappa shape index (κ2) is 8.72. The van der Waals surface area contributed by atoms with E-state index >= 15 is 0 Å². The number of ether oxygens (including phenoxy) is 2. The molecule has 1 N–H and O–H groups in total. The Morgan fingerprint density at radius 3 is 2.35 bits per heavy atom. The highest BCUT2D eigenvalue weighted by Gasteiger charge is 2.00. The lowest BCUT2D eigenvalue weighted by atomic mass is 10.2. The van der Waals surface area contributed by atoms with Crippen molar-refractivity contribution in [1.29, 1.82) is 0 Å². The second-order valence-electron chi connectivity index (χ2n) is 3.97. The molecule has 106 valence electrons. The fraction of sp³-hybridized carbons (Fsp3) is 0.188. The van der Waals surface area contributed by atoms with Crippen molar-refractivity contribution >= 4 is 6.29 Å². The number of aldehydes is 1. The van der Waals surface area contributed by atoms with Crippen molar-refractivity contribution in [3.05, 3.63) is 59.7 Å². The zero-order valence-corrected chi connectivity index (χ0v) is 11.6. The van der Waals surface area contributed by atoms with Crippen LogP contribution in [0.3, 0.4) is 0 Å². The molecule has 2 rings (SSSR count). The van der Waals surface area contributed by atoms with E-state index in [1.165, 1.54) is 30.9 Å². The molecular formula is C16H18O4. The van der Waals surface area contributed by atoms with Crippen LogP contribution in [0.4, 0.5) is 0 Å². The average molecular weight is 274 g/mol. The lowest BCUT2D eigenvalue weighted by molar-refractivity contribution is 0.112. The number of benzene rings is 2. The van der Waals surface area contributed by atoms with Crippen LogP contribution in [0, 0.1) is 0 Å². The van der Waals surface area contributed by atoms with Crippen molar-refractivity contribution in [2.45, 2.75) is 6.61 Å². The van der Waals surface area contributed by atoms with Crippen LogP contribution in [-0.4, -0.2) is 25.6 Å². The molecule has 0 radical (unpaired) electrons. The summed E-state index contributed by atoms with van der Waals surface area (Å²) in [5.41, 5.74) is 1.71. The molecule has 0 saturated heterocycles. The molecule has 4 nitrogen and oxygen atoms in total. The number of phenols is 1. The van der Waals surface area contributed by atoms with Gasteiger partial charge in [-0.25, -0.2) is 0 Å². The van der Waals surface area contributed by atoms with E-state index in [1.807, 2.05) is 30.3 Å². The van der Waals surface area contributed by atoms with E-state index in [0.29, 0.717) is 24.2 Å². The molecule has 0 fully saturated rings. The summed E-state index contributed by atoms with van der Waals surface area (Å²) >= 11 is 0. The predicted molar refractivity (Wildman–Crippen MR) is 77.2 cm³/mol. The van der Waals surface area contributed by atoms with Crippen molar-refractivity contribution in [2.75, 3.05) is 14.2 Å². The average Bonchev–Trinajstić information content (AvgIpc) is 2.50. The molecule has 0 aliphatic carbocycles. The third-order valence-electron chi connectivity index (χ3n) is 2.49. The first kappa shape index (κ1) is 15.7. The number of phenolic OH excluding ortho intramolecular Hbond substituents is 1. The number of hydrogen-bond acceptors (Lipinski definition) is 4. The first-order chi connectivity index (χ1) is 9.71. The van der Waals surface area contributed by atoms with Gasteiger partial charge in [0.2, 0.25) is 0 Å². The van der Waals surface area contributed by atoms with Crippen molar-refractivity contribution in [1.82, 2.24) is 0 Å². The number of rotatable bonds is 4. The van der Waals surface area contributed by atoms with Crippen molar-refractivity contribution < 1.29 is 19.4 Å². The Hall–Kier alpha value is -2.33. The van der Waals surface area contributed by atoms with Crippen LogP contribution in [0.5, 0.6) is 11.5 Å². The van der Waals surface area contributed by atoms with Gasteiger partial charge in [0.15, 0.2) is 11.5 Å². The quantitative estimate of drug-likeness (QED) is 0.871. The van der Waals surface area contributed by atoms with Crippen LogP contribution in [0.15, 0.2) is 48.5 Å². The first-order valence-electron chi connectivity index (χ1n) is 6.06. The molecule has 0 unspecified atom stereocenters. The third-order valence-corrected chi connectivity index (χ3v) is 2.49. The maximum atomic E-state index is 10.2. The molecule has 0 bridgehead atoms. The fourth-order valence-electron chi connectivity index (χ4n) is 1.51. The molecule has 0 saturated carbocycles. The zero-order chi connectivity index (χ0) is 14.8. The van der Waals surface area contributed by atoms with Crippen molar-refractivity contribution in [3.63, 3.8) is 0 Å². The molecule has 2 aromatic carbocycles. The highest BCUT2D eigenvalue weighted by Crippen LogP contribution is 2.25. The number of carbonyl (C=O) groups excluding carboxylic acids is 1. The minimum Gasteiger partial charge on any atom is -0.504 e. The highest BCUT2D eigenvalue weighted by atomic mass is 16.5. The van der Waals surface area contributed by atoms with Gasteiger partial charge < -0.3 is 14.6 Å². The topological polar surface area (TPSA) is 55.8 Å². The smallest absolute Gasteiger partial charge is 0.161 e. The molecular weight excluding hydrogens is 256 g/mol. The molecule has 4 heteroatoms. The SMILES string of the molecule is COCc1ccccc1.COc1cc(C=O)ccc1O. The number of aromatic hydroxyl groups is 1. The van der Waals surface area contributed by atoms with Gasteiger partial charge >= 0.3 is 0 Å². The Morgan fingerprint density at radius 1 is 1.10 bits per heavy atom. The van der Waals surface area contributed by atoms with E-state index in [4.69, 9.17) is 14.6 Å². The van der Waals surface area contributed by atoms with Gasteiger partial charge in [0.1, 0.15) is 6.29 Å².